The molecular formula is C14H21NO. The van der Waals surface area contributed by atoms with Crippen LogP contribution in [0.15, 0.2) is 24.3 Å². The van der Waals surface area contributed by atoms with Crippen molar-refractivity contribution >= 4 is 0 Å². The third kappa shape index (κ3) is 2.38. The number of ether oxygens (including phenoxy) is 1. The Kier molecular flexibility index (Phi) is 3.49. The molecule has 1 atom stereocenters. The van der Waals surface area contributed by atoms with E-state index in [1.807, 2.05) is 32.0 Å². The highest BCUT2D eigenvalue weighted by molar-refractivity contribution is 5.36. The molecule has 1 aromatic carbocycles. The van der Waals surface area contributed by atoms with Crippen LogP contribution in [0, 0.1) is 5.92 Å². The van der Waals surface area contributed by atoms with Crippen LogP contribution in [-0.4, -0.2) is 6.10 Å². The van der Waals surface area contributed by atoms with Gasteiger partial charge in [0.05, 0.1) is 6.10 Å². The molecule has 1 saturated carbocycles. The smallest absolute Gasteiger partial charge is 0.124 e. The predicted molar refractivity (Wildman–Crippen MR) is 66.5 cm³/mol. The first-order chi connectivity index (χ1) is 7.68. The lowest BCUT2D eigenvalue weighted by Crippen LogP contribution is -2.27. The molecule has 0 saturated heterocycles. The number of para-hydroxylation sites is 1. The summed E-state index contributed by atoms with van der Waals surface area (Å²) in [5, 5.41) is 0. The van der Waals surface area contributed by atoms with E-state index in [0.717, 1.165) is 5.75 Å². The Labute approximate surface area is 97.8 Å². The Hall–Kier alpha value is -1.02. The van der Waals surface area contributed by atoms with Gasteiger partial charge >= 0.3 is 0 Å². The maximum atomic E-state index is 6.30. The van der Waals surface area contributed by atoms with Crippen molar-refractivity contribution in [3.8, 4) is 5.75 Å². The molecular weight excluding hydrogens is 198 g/mol. The molecule has 1 aliphatic carbocycles. The van der Waals surface area contributed by atoms with Gasteiger partial charge in [-0.15, -0.1) is 0 Å². The SMILES string of the molecule is CC(C)Oc1ccccc1[C@@H](N)C1CCC1. The summed E-state index contributed by atoms with van der Waals surface area (Å²) in [7, 11) is 0. The van der Waals surface area contributed by atoms with Crippen LogP contribution in [0.1, 0.15) is 44.7 Å². The van der Waals surface area contributed by atoms with Gasteiger partial charge in [0.2, 0.25) is 0 Å². The molecule has 2 heteroatoms. The molecule has 0 bridgehead atoms. The lowest BCUT2D eigenvalue weighted by molar-refractivity contribution is 0.225. The molecule has 2 rings (SSSR count). The summed E-state index contributed by atoms with van der Waals surface area (Å²) in [5.74, 6) is 1.61. The van der Waals surface area contributed by atoms with Crippen LogP contribution in [0.3, 0.4) is 0 Å². The first-order valence-corrected chi connectivity index (χ1v) is 6.19. The number of hydrogen-bond acceptors (Lipinski definition) is 2. The minimum Gasteiger partial charge on any atom is -0.491 e. The van der Waals surface area contributed by atoms with E-state index < -0.39 is 0 Å². The number of hydrogen-bond donors (Lipinski definition) is 1. The van der Waals surface area contributed by atoms with Crippen molar-refractivity contribution in [2.24, 2.45) is 11.7 Å². The van der Waals surface area contributed by atoms with E-state index in [0.29, 0.717) is 5.92 Å². The Morgan fingerprint density at radius 1 is 1.25 bits per heavy atom. The summed E-state index contributed by atoms with van der Waals surface area (Å²) >= 11 is 0. The van der Waals surface area contributed by atoms with Crippen LogP contribution in [0.25, 0.3) is 0 Å². The third-order valence-electron chi connectivity index (χ3n) is 3.30. The fraction of sp³-hybridized carbons (Fsp3) is 0.571. The Bertz CT molecular complexity index is 344. The first kappa shape index (κ1) is 11.5. The van der Waals surface area contributed by atoms with E-state index in [1.54, 1.807) is 0 Å². The largest absolute Gasteiger partial charge is 0.491 e. The molecule has 1 aliphatic rings. The van der Waals surface area contributed by atoms with E-state index in [4.69, 9.17) is 10.5 Å². The molecule has 1 aromatic rings. The van der Waals surface area contributed by atoms with Crippen molar-refractivity contribution in [2.45, 2.75) is 45.3 Å². The molecule has 0 radical (unpaired) electrons. The molecule has 2 nitrogen and oxygen atoms in total. The number of rotatable bonds is 4. The maximum absolute atomic E-state index is 6.30. The fourth-order valence-electron chi connectivity index (χ4n) is 2.17. The Morgan fingerprint density at radius 3 is 2.50 bits per heavy atom. The lowest BCUT2D eigenvalue weighted by Gasteiger charge is -2.32. The third-order valence-corrected chi connectivity index (χ3v) is 3.30. The molecule has 0 aliphatic heterocycles. The summed E-state index contributed by atoms with van der Waals surface area (Å²) in [6, 6.07) is 8.31. The molecule has 0 amide bonds. The van der Waals surface area contributed by atoms with Gasteiger partial charge in [-0.2, -0.15) is 0 Å². The predicted octanol–water partition coefficient (Wildman–Crippen LogP) is 3.27. The summed E-state index contributed by atoms with van der Waals surface area (Å²) in [6.07, 6.45) is 4.05. The van der Waals surface area contributed by atoms with Crippen LogP contribution < -0.4 is 10.5 Å². The van der Waals surface area contributed by atoms with Crippen molar-refractivity contribution in [1.82, 2.24) is 0 Å². The van der Waals surface area contributed by atoms with Crippen molar-refractivity contribution in [2.75, 3.05) is 0 Å². The van der Waals surface area contributed by atoms with Crippen LogP contribution >= 0.6 is 0 Å². The van der Waals surface area contributed by atoms with Gasteiger partial charge in [-0.1, -0.05) is 24.6 Å². The molecule has 0 aromatic heterocycles. The zero-order chi connectivity index (χ0) is 11.5. The summed E-state index contributed by atoms with van der Waals surface area (Å²) in [4.78, 5) is 0. The number of nitrogens with two attached hydrogens (primary N) is 1. The van der Waals surface area contributed by atoms with Crippen molar-refractivity contribution in [3.05, 3.63) is 29.8 Å². The average Bonchev–Trinajstić information content (AvgIpc) is 2.14. The van der Waals surface area contributed by atoms with Crippen LogP contribution in [0.5, 0.6) is 5.75 Å². The van der Waals surface area contributed by atoms with E-state index in [9.17, 15) is 0 Å². The Balaban J connectivity index is 2.17. The molecule has 0 heterocycles. The lowest BCUT2D eigenvalue weighted by atomic mass is 9.77. The van der Waals surface area contributed by atoms with Crippen LogP contribution in [0.2, 0.25) is 0 Å². The molecule has 0 spiro atoms. The van der Waals surface area contributed by atoms with Crippen molar-refractivity contribution < 1.29 is 4.74 Å². The molecule has 88 valence electrons. The van der Waals surface area contributed by atoms with Gasteiger partial charge in [0.15, 0.2) is 0 Å². The average molecular weight is 219 g/mol. The highest BCUT2D eigenvalue weighted by atomic mass is 16.5. The fourth-order valence-corrected chi connectivity index (χ4v) is 2.17. The normalized spacial score (nSPS) is 18.2. The van der Waals surface area contributed by atoms with Crippen molar-refractivity contribution in [1.29, 1.82) is 0 Å². The minimum atomic E-state index is 0.142. The van der Waals surface area contributed by atoms with Gasteiger partial charge in [-0.25, -0.2) is 0 Å². The van der Waals surface area contributed by atoms with Gasteiger partial charge in [0.1, 0.15) is 5.75 Å². The van der Waals surface area contributed by atoms with Gasteiger partial charge in [-0.05, 0) is 38.7 Å². The highest BCUT2D eigenvalue weighted by Gasteiger charge is 2.27. The zero-order valence-corrected chi connectivity index (χ0v) is 10.1. The van der Waals surface area contributed by atoms with E-state index in [1.165, 1.54) is 24.8 Å². The maximum Gasteiger partial charge on any atom is 0.124 e. The standard InChI is InChI=1S/C14H21NO/c1-10(2)16-13-9-4-3-8-12(13)14(15)11-6-5-7-11/h3-4,8-11,14H,5-7,15H2,1-2H3/t14-/m0/s1. The molecule has 1 fully saturated rings. The summed E-state index contributed by atoms with van der Waals surface area (Å²) < 4.78 is 5.81. The molecule has 0 unspecified atom stereocenters. The first-order valence-electron chi connectivity index (χ1n) is 6.19. The quantitative estimate of drug-likeness (QED) is 0.843. The van der Waals surface area contributed by atoms with Crippen molar-refractivity contribution in [3.63, 3.8) is 0 Å². The number of benzene rings is 1. The van der Waals surface area contributed by atoms with Crippen LogP contribution in [-0.2, 0) is 0 Å². The van der Waals surface area contributed by atoms with Gasteiger partial charge in [-0.3, -0.25) is 0 Å². The van der Waals surface area contributed by atoms with E-state index in [-0.39, 0.29) is 12.1 Å². The zero-order valence-electron chi connectivity index (χ0n) is 10.1. The molecule has 16 heavy (non-hydrogen) atoms. The topological polar surface area (TPSA) is 35.2 Å². The van der Waals surface area contributed by atoms with Crippen LogP contribution in [0.4, 0.5) is 0 Å². The minimum absolute atomic E-state index is 0.142. The molecule has 2 N–H and O–H groups in total. The summed E-state index contributed by atoms with van der Waals surface area (Å²) in [6.45, 7) is 4.09. The monoisotopic (exact) mass is 219 g/mol. The Morgan fingerprint density at radius 2 is 1.94 bits per heavy atom. The highest BCUT2D eigenvalue weighted by Crippen LogP contribution is 2.39. The van der Waals surface area contributed by atoms with Gasteiger partial charge in [0, 0.05) is 11.6 Å². The second-order valence-electron chi connectivity index (χ2n) is 4.92. The second-order valence-corrected chi connectivity index (χ2v) is 4.92. The second kappa shape index (κ2) is 4.88. The van der Waals surface area contributed by atoms with Gasteiger partial charge in [0.25, 0.3) is 0 Å². The van der Waals surface area contributed by atoms with E-state index >= 15 is 0 Å². The summed E-state index contributed by atoms with van der Waals surface area (Å²) in [5.41, 5.74) is 7.46. The van der Waals surface area contributed by atoms with E-state index in [2.05, 4.69) is 6.07 Å². The van der Waals surface area contributed by atoms with Gasteiger partial charge < -0.3 is 10.5 Å².